The van der Waals surface area contributed by atoms with Crippen molar-refractivity contribution in [3.63, 3.8) is 0 Å². The number of carbonyl (C=O) groups is 1. The zero-order valence-electron chi connectivity index (χ0n) is 14.3. The molecule has 1 aliphatic heterocycles. The Morgan fingerprint density at radius 3 is 2.96 bits per heavy atom. The van der Waals surface area contributed by atoms with Gasteiger partial charge in [0.05, 0.1) is 12.3 Å². The maximum atomic E-state index is 11.9. The number of hydrazone groups is 1. The Hall–Kier alpha value is -2.86. The van der Waals surface area contributed by atoms with Crippen molar-refractivity contribution in [1.29, 1.82) is 0 Å². The second kappa shape index (κ2) is 7.58. The smallest absolute Gasteiger partial charge is 0.266 e. The normalized spacial score (nSPS) is 17.9. The fourth-order valence-electron chi connectivity index (χ4n) is 3.20. The minimum absolute atomic E-state index is 0.00527. The van der Waals surface area contributed by atoms with Gasteiger partial charge in [-0.15, -0.1) is 0 Å². The van der Waals surface area contributed by atoms with Crippen LogP contribution < -0.4 is 14.9 Å². The van der Waals surface area contributed by atoms with Gasteiger partial charge in [-0.2, -0.15) is 5.10 Å². The number of hydrogen-bond donors (Lipinski definition) is 1. The van der Waals surface area contributed by atoms with Gasteiger partial charge in [0, 0.05) is 0 Å². The molecule has 1 unspecified atom stereocenters. The van der Waals surface area contributed by atoms with Crippen LogP contribution in [0.25, 0.3) is 0 Å². The fourth-order valence-corrected chi connectivity index (χ4v) is 3.20. The van der Waals surface area contributed by atoms with Crippen LogP contribution >= 0.6 is 0 Å². The minimum atomic E-state index is -0.263. The van der Waals surface area contributed by atoms with Crippen molar-refractivity contribution in [1.82, 2.24) is 5.43 Å². The molecule has 0 spiro atoms. The number of rotatable bonds is 5. The van der Waals surface area contributed by atoms with Crippen molar-refractivity contribution >= 4 is 12.1 Å². The summed E-state index contributed by atoms with van der Waals surface area (Å²) < 4.78 is 16.3. The number of carbonyl (C=O) groups excluding carboxylic acids is 1. The van der Waals surface area contributed by atoms with Gasteiger partial charge in [0.25, 0.3) is 5.91 Å². The van der Waals surface area contributed by atoms with E-state index in [-0.39, 0.29) is 25.4 Å². The van der Waals surface area contributed by atoms with Crippen LogP contribution in [0.15, 0.2) is 47.6 Å². The van der Waals surface area contributed by atoms with Gasteiger partial charge in [0.2, 0.25) is 6.79 Å². The van der Waals surface area contributed by atoms with E-state index in [0.29, 0.717) is 11.5 Å². The first-order chi connectivity index (χ1) is 12.8. The van der Waals surface area contributed by atoms with E-state index in [2.05, 4.69) is 28.7 Å². The number of fused-ring (bicyclic) bond motifs is 2. The Kier molecular flexibility index (Phi) is 4.84. The molecule has 1 heterocycles. The molecule has 0 radical (unpaired) electrons. The number of nitrogens with zero attached hydrogens (tertiary/aromatic N) is 1. The summed E-state index contributed by atoms with van der Waals surface area (Å²) in [5.74, 6) is 1.13. The first-order valence-electron chi connectivity index (χ1n) is 8.68. The third-order valence-corrected chi connectivity index (χ3v) is 4.55. The van der Waals surface area contributed by atoms with Crippen molar-refractivity contribution in [3.8, 4) is 11.5 Å². The first kappa shape index (κ1) is 16.6. The standard InChI is InChI=1S/C20H20N2O4/c23-20(12-24-17-7-6-15-3-1-2-4-16(15)10-17)22-21-11-14-5-8-18-19(9-14)26-13-25-18/h1-5,8-9,11,17H,6-7,10,12-13H2,(H,22,23)/b21-11+. The van der Waals surface area contributed by atoms with Crippen LogP contribution in [0.2, 0.25) is 0 Å². The predicted octanol–water partition coefficient (Wildman–Crippen LogP) is 2.44. The van der Waals surface area contributed by atoms with Gasteiger partial charge >= 0.3 is 0 Å². The summed E-state index contributed by atoms with van der Waals surface area (Å²) in [6.45, 7) is 0.237. The van der Waals surface area contributed by atoms with Gasteiger partial charge in [-0.05, 0) is 54.2 Å². The summed E-state index contributed by atoms with van der Waals surface area (Å²) in [7, 11) is 0. The average Bonchev–Trinajstić information content (AvgIpc) is 3.14. The Balaban J connectivity index is 1.23. The molecular formula is C20H20N2O4. The molecule has 1 atom stereocenters. The Labute approximate surface area is 151 Å². The molecule has 134 valence electrons. The van der Waals surface area contributed by atoms with Crippen molar-refractivity contribution in [2.24, 2.45) is 5.10 Å². The number of nitrogens with one attached hydrogen (secondary N) is 1. The Bertz CT molecular complexity index is 834. The van der Waals surface area contributed by atoms with E-state index in [1.807, 2.05) is 24.3 Å². The maximum absolute atomic E-state index is 11.9. The molecule has 6 nitrogen and oxygen atoms in total. The third-order valence-electron chi connectivity index (χ3n) is 4.55. The molecule has 2 aliphatic rings. The lowest BCUT2D eigenvalue weighted by atomic mass is 9.90. The largest absolute Gasteiger partial charge is 0.454 e. The van der Waals surface area contributed by atoms with E-state index >= 15 is 0 Å². The van der Waals surface area contributed by atoms with Crippen molar-refractivity contribution < 1.29 is 19.0 Å². The van der Waals surface area contributed by atoms with Crippen LogP contribution in [0.5, 0.6) is 11.5 Å². The van der Waals surface area contributed by atoms with E-state index in [4.69, 9.17) is 14.2 Å². The molecule has 1 N–H and O–H groups in total. The molecule has 0 bridgehead atoms. The molecule has 0 saturated heterocycles. The SMILES string of the molecule is O=C(COC1CCc2ccccc2C1)N/N=C/c1ccc2c(c1)OCO2. The molecule has 6 heteroatoms. The van der Waals surface area contributed by atoms with Gasteiger partial charge in [0.15, 0.2) is 11.5 Å². The average molecular weight is 352 g/mol. The van der Waals surface area contributed by atoms with Crippen LogP contribution in [-0.4, -0.2) is 31.6 Å². The second-order valence-electron chi connectivity index (χ2n) is 6.35. The predicted molar refractivity (Wildman–Crippen MR) is 96.5 cm³/mol. The monoisotopic (exact) mass is 352 g/mol. The zero-order chi connectivity index (χ0) is 17.8. The van der Waals surface area contributed by atoms with Crippen molar-refractivity contribution in [2.75, 3.05) is 13.4 Å². The minimum Gasteiger partial charge on any atom is -0.454 e. The number of hydrogen-bond acceptors (Lipinski definition) is 5. The molecule has 2 aromatic carbocycles. The number of amides is 1. The van der Waals surface area contributed by atoms with E-state index in [1.54, 1.807) is 6.21 Å². The fraction of sp³-hybridized carbons (Fsp3) is 0.300. The molecule has 0 fully saturated rings. The van der Waals surface area contributed by atoms with Gasteiger partial charge in [-0.3, -0.25) is 4.79 Å². The lowest BCUT2D eigenvalue weighted by Crippen LogP contribution is -2.29. The molecule has 1 amide bonds. The van der Waals surface area contributed by atoms with Crippen molar-refractivity contribution in [3.05, 3.63) is 59.2 Å². The molecule has 4 rings (SSSR count). The summed E-state index contributed by atoms with van der Waals surface area (Å²) in [4.78, 5) is 11.9. The van der Waals surface area contributed by atoms with Crippen LogP contribution in [0.3, 0.4) is 0 Å². The highest BCUT2D eigenvalue weighted by molar-refractivity contribution is 5.83. The highest BCUT2D eigenvalue weighted by Gasteiger charge is 2.19. The lowest BCUT2D eigenvalue weighted by Gasteiger charge is -2.24. The van der Waals surface area contributed by atoms with Gasteiger partial charge in [-0.25, -0.2) is 5.43 Å². The number of ether oxygens (including phenoxy) is 3. The van der Waals surface area contributed by atoms with Gasteiger partial charge in [0.1, 0.15) is 6.61 Å². The molecule has 0 aromatic heterocycles. The van der Waals surface area contributed by atoms with E-state index < -0.39 is 0 Å². The molecule has 26 heavy (non-hydrogen) atoms. The second-order valence-corrected chi connectivity index (χ2v) is 6.35. The summed E-state index contributed by atoms with van der Waals surface area (Å²) in [5, 5.41) is 3.97. The summed E-state index contributed by atoms with van der Waals surface area (Å²) in [6, 6.07) is 13.9. The Morgan fingerprint density at radius 2 is 2.04 bits per heavy atom. The third kappa shape index (κ3) is 3.86. The van der Waals surface area contributed by atoms with Crippen LogP contribution in [-0.2, 0) is 22.4 Å². The van der Waals surface area contributed by atoms with Crippen LogP contribution in [0.4, 0.5) is 0 Å². The molecule has 0 saturated carbocycles. The van der Waals surface area contributed by atoms with Crippen LogP contribution in [0, 0.1) is 0 Å². The first-order valence-corrected chi connectivity index (χ1v) is 8.68. The topological polar surface area (TPSA) is 69.2 Å². The highest BCUT2D eigenvalue weighted by Crippen LogP contribution is 2.31. The van der Waals surface area contributed by atoms with Gasteiger partial charge < -0.3 is 14.2 Å². The molecule has 2 aromatic rings. The highest BCUT2D eigenvalue weighted by atomic mass is 16.7. The quantitative estimate of drug-likeness (QED) is 0.663. The van der Waals surface area contributed by atoms with E-state index in [9.17, 15) is 4.79 Å². The summed E-state index contributed by atoms with van der Waals surface area (Å²) >= 11 is 0. The Morgan fingerprint density at radius 1 is 1.19 bits per heavy atom. The van der Waals surface area contributed by atoms with Gasteiger partial charge in [-0.1, -0.05) is 24.3 Å². The molecular weight excluding hydrogens is 332 g/mol. The molecule has 1 aliphatic carbocycles. The number of aryl methyl sites for hydroxylation is 1. The summed E-state index contributed by atoms with van der Waals surface area (Å²) in [6.07, 6.45) is 4.42. The van der Waals surface area contributed by atoms with E-state index in [1.165, 1.54) is 11.1 Å². The number of benzene rings is 2. The van der Waals surface area contributed by atoms with Crippen molar-refractivity contribution in [2.45, 2.75) is 25.4 Å². The summed E-state index contributed by atoms with van der Waals surface area (Å²) in [5.41, 5.74) is 6.00. The lowest BCUT2D eigenvalue weighted by molar-refractivity contribution is -0.127. The maximum Gasteiger partial charge on any atom is 0.266 e. The zero-order valence-corrected chi connectivity index (χ0v) is 14.3. The van der Waals surface area contributed by atoms with Crippen LogP contribution in [0.1, 0.15) is 23.1 Å². The van der Waals surface area contributed by atoms with E-state index in [0.717, 1.165) is 24.8 Å².